The molecule has 0 bridgehead atoms. The molecule has 0 unspecified atom stereocenters. The Balaban J connectivity index is 2.35. The van der Waals surface area contributed by atoms with Crippen molar-refractivity contribution in [3.05, 3.63) is 35.6 Å². The van der Waals surface area contributed by atoms with Gasteiger partial charge in [-0.3, -0.25) is 20.0 Å². The molecule has 0 N–H and O–H groups in total. The Morgan fingerprint density at radius 1 is 1.13 bits per heavy atom. The zero-order valence-electron chi connectivity index (χ0n) is 8.81. The minimum absolute atomic E-state index is 0.701. The second kappa shape index (κ2) is 4.13. The summed E-state index contributed by atoms with van der Waals surface area (Å²) in [5, 5.41) is 0. The second-order valence-electron chi connectivity index (χ2n) is 3.50. The summed E-state index contributed by atoms with van der Waals surface area (Å²) in [5.41, 5.74) is 3.56. The van der Waals surface area contributed by atoms with E-state index in [0.717, 1.165) is 22.7 Å². The van der Waals surface area contributed by atoms with Gasteiger partial charge in [-0.1, -0.05) is 0 Å². The largest absolute Gasteiger partial charge is 0.286 e. The van der Waals surface area contributed by atoms with Crippen molar-refractivity contribution in [2.45, 2.75) is 13.8 Å². The van der Waals surface area contributed by atoms with Crippen LogP contribution in [0.2, 0.25) is 0 Å². The van der Waals surface area contributed by atoms with E-state index in [9.17, 15) is 0 Å². The summed E-state index contributed by atoms with van der Waals surface area (Å²) >= 11 is 0. The van der Waals surface area contributed by atoms with Crippen molar-refractivity contribution in [1.29, 1.82) is 0 Å². The highest BCUT2D eigenvalue weighted by molar-refractivity contribution is 6.37. The van der Waals surface area contributed by atoms with Gasteiger partial charge in [-0.2, -0.15) is 0 Å². The van der Waals surface area contributed by atoms with Crippen LogP contribution in [0.5, 0.6) is 0 Å². The van der Waals surface area contributed by atoms with E-state index < -0.39 is 0 Å². The number of aromatic nitrogens is 2. The maximum Gasteiger partial charge on any atom is 0.108 e. The number of hydrogen-bond donors (Lipinski definition) is 0. The lowest BCUT2D eigenvalue weighted by Crippen LogP contribution is -2.05. The second-order valence-corrected chi connectivity index (χ2v) is 3.50. The Kier molecular flexibility index (Phi) is 2.67. The molecule has 2 heterocycles. The van der Waals surface area contributed by atoms with Crippen LogP contribution >= 0.6 is 0 Å². The monoisotopic (exact) mass is 200 g/mol. The molecule has 0 saturated carbocycles. The van der Waals surface area contributed by atoms with E-state index in [-0.39, 0.29) is 0 Å². The van der Waals surface area contributed by atoms with Crippen LogP contribution in [0.1, 0.15) is 18.3 Å². The standard InChI is InChI=1S/C11H12N4/c1-8-3-12-6-10(14-4-8)11-7-13-9(2)5-15-11/h4-7H,3H2,1-2H3. The molecule has 1 aliphatic heterocycles. The first kappa shape index (κ1) is 9.71. The van der Waals surface area contributed by atoms with Gasteiger partial charge < -0.3 is 0 Å². The minimum Gasteiger partial charge on any atom is -0.286 e. The zero-order chi connectivity index (χ0) is 10.7. The topological polar surface area (TPSA) is 50.5 Å². The van der Waals surface area contributed by atoms with Crippen LogP contribution in [0.25, 0.3) is 0 Å². The molecule has 15 heavy (non-hydrogen) atoms. The van der Waals surface area contributed by atoms with E-state index >= 15 is 0 Å². The zero-order valence-corrected chi connectivity index (χ0v) is 8.81. The SMILES string of the molecule is CC1=CN=C(c2cnc(C)cn2)C=NC1. The Labute approximate surface area is 88.5 Å². The van der Waals surface area contributed by atoms with Gasteiger partial charge in [0.05, 0.1) is 18.4 Å². The van der Waals surface area contributed by atoms with E-state index in [2.05, 4.69) is 20.0 Å². The Morgan fingerprint density at radius 3 is 2.73 bits per heavy atom. The van der Waals surface area contributed by atoms with Gasteiger partial charge >= 0.3 is 0 Å². The molecule has 1 aromatic heterocycles. The number of hydrogen-bond acceptors (Lipinski definition) is 4. The first-order valence-corrected chi connectivity index (χ1v) is 4.78. The molecular weight excluding hydrogens is 188 g/mol. The maximum absolute atomic E-state index is 4.31. The summed E-state index contributed by atoms with van der Waals surface area (Å²) < 4.78 is 0. The maximum atomic E-state index is 4.31. The normalized spacial score (nSPS) is 15.6. The van der Waals surface area contributed by atoms with Crippen molar-refractivity contribution >= 4 is 11.9 Å². The molecule has 0 amide bonds. The predicted octanol–water partition coefficient (Wildman–Crippen LogP) is 1.56. The molecule has 2 rings (SSSR count). The van der Waals surface area contributed by atoms with Crippen LogP contribution in [-0.2, 0) is 0 Å². The quantitative estimate of drug-likeness (QED) is 0.690. The highest BCUT2D eigenvalue weighted by Crippen LogP contribution is 2.02. The molecule has 76 valence electrons. The van der Waals surface area contributed by atoms with Gasteiger partial charge in [0.1, 0.15) is 11.4 Å². The number of aryl methyl sites for hydroxylation is 1. The van der Waals surface area contributed by atoms with Gasteiger partial charge in [-0.25, -0.2) is 0 Å². The van der Waals surface area contributed by atoms with Crippen molar-refractivity contribution in [3.63, 3.8) is 0 Å². The van der Waals surface area contributed by atoms with Crippen molar-refractivity contribution in [1.82, 2.24) is 9.97 Å². The molecule has 1 aliphatic rings. The molecule has 0 atom stereocenters. The lowest BCUT2D eigenvalue weighted by atomic mass is 10.3. The highest BCUT2D eigenvalue weighted by Gasteiger charge is 2.04. The lowest BCUT2D eigenvalue weighted by Gasteiger charge is -1.97. The number of aliphatic imine (C=N–C) groups is 2. The number of rotatable bonds is 1. The summed E-state index contributed by atoms with van der Waals surface area (Å²) in [7, 11) is 0. The third kappa shape index (κ3) is 2.34. The fourth-order valence-electron chi connectivity index (χ4n) is 1.19. The van der Waals surface area contributed by atoms with Gasteiger partial charge in [0, 0.05) is 18.6 Å². The molecule has 4 heteroatoms. The minimum atomic E-state index is 0.701. The molecule has 0 fully saturated rings. The average molecular weight is 200 g/mol. The molecule has 0 spiro atoms. The molecule has 0 saturated heterocycles. The van der Waals surface area contributed by atoms with Gasteiger partial charge in [0.2, 0.25) is 0 Å². The summed E-state index contributed by atoms with van der Waals surface area (Å²) in [6.07, 6.45) is 7.01. The summed E-state index contributed by atoms with van der Waals surface area (Å²) in [4.78, 5) is 17.0. The molecule has 1 aromatic rings. The van der Waals surface area contributed by atoms with Crippen LogP contribution in [0.15, 0.2) is 34.2 Å². The van der Waals surface area contributed by atoms with E-state index in [1.807, 2.05) is 20.0 Å². The predicted molar refractivity (Wildman–Crippen MR) is 60.4 cm³/mol. The number of nitrogens with zero attached hydrogens (tertiary/aromatic N) is 4. The first-order valence-electron chi connectivity index (χ1n) is 4.78. The molecular formula is C11H12N4. The first-order chi connectivity index (χ1) is 7.25. The smallest absolute Gasteiger partial charge is 0.108 e. The lowest BCUT2D eigenvalue weighted by molar-refractivity contribution is 1.10. The fourth-order valence-corrected chi connectivity index (χ4v) is 1.19. The van der Waals surface area contributed by atoms with E-state index in [4.69, 9.17) is 0 Å². The van der Waals surface area contributed by atoms with Crippen molar-refractivity contribution < 1.29 is 0 Å². The molecule has 0 aromatic carbocycles. The third-order valence-corrected chi connectivity index (χ3v) is 2.02. The van der Waals surface area contributed by atoms with Gasteiger partial charge in [0.15, 0.2) is 0 Å². The molecule has 0 aliphatic carbocycles. The summed E-state index contributed by atoms with van der Waals surface area (Å²) in [6, 6.07) is 0. The van der Waals surface area contributed by atoms with Crippen LogP contribution in [0, 0.1) is 6.92 Å². The van der Waals surface area contributed by atoms with Crippen LogP contribution < -0.4 is 0 Å². The van der Waals surface area contributed by atoms with E-state index in [1.54, 1.807) is 18.6 Å². The third-order valence-electron chi connectivity index (χ3n) is 2.02. The van der Waals surface area contributed by atoms with Crippen molar-refractivity contribution in [2.75, 3.05) is 6.54 Å². The van der Waals surface area contributed by atoms with Gasteiger partial charge in [-0.15, -0.1) is 0 Å². The fraction of sp³-hybridized carbons (Fsp3) is 0.273. The Hall–Kier alpha value is -1.84. The van der Waals surface area contributed by atoms with Crippen LogP contribution in [0.3, 0.4) is 0 Å². The Bertz CT molecular complexity index is 440. The van der Waals surface area contributed by atoms with Gasteiger partial charge in [0.25, 0.3) is 0 Å². The molecule has 0 radical (unpaired) electrons. The van der Waals surface area contributed by atoms with Crippen LogP contribution in [-0.4, -0.2) is 28.4 Å². The van der Waals surface area contributed by atoms with E-state index in [0.29, 0.717) is 6.54 Å². The Morgan fingerprint density at radius 2 is 2.00 bits per heavy atom. The van der Waals surface area contributed by atoms with E-state index in [1.165, 1.54) is 0 Å². The van der Waals surface area contributed by atoms with Crippen LogP contribution in [0.4, 0.5) is 0 Å². The molecule has 4 nitrogen and oxygen atoms in total. The average Bonchev–Trinajstić information content (AvgIpc) is 2.44. The van der Waals surface area contributed by atoms with Crippen molar-refractivity contribution in [2.24, 2.45) is 9.98 Å². The van der Waals surface area contributed by atoms with Gasteiger partial charge in [-0.05, 0) is 19.4 Å². The highest BCUT2D eigenvalue weighted by atomic mass is 14.9. The van der Waals surface area contributed by atoms with Crippen molar-refractivity contribution in [3.8, 4) is 0 Å². The summed E-state index contributed by atoms with van der Waals surface area (Å²) in [6.45, 7) is 4.61. The summed E-state index contributed by atoms with van der Waals surface area (Å²) in [5.74, 6) is 0.